The van der Waals surface area contributed by atoms with Gasteiger partial charge in [0.1, 0.15) is 5.75 Å². The van der Waals surface area contributed by atoms with Crippen molar-refractivity contribution in [2.45, 2.75) is 45.6 Å². The second kappa shape index (κ2) is 8.79. The lowest BCUT2D eigenvalue weighted by atomic mass is 9.85. The van der Waals surface area contributed by atoms with Gasteiger partial charge in [0.15, 0.2) is 0 Å². The molecule has 0 aliphatic carbocycles. The standard InChI is InChI=1S/C24H28N2O5/c1-15-14-19(22(28)29)18-6-4-5-7-20(18)26(15)21(27)16-8-10-17(11-9-16)31-13-12-24(2,3)23(25)30/h4-11,15,19H,12-14H2,1-3H3,(H2,25,30)(H,28,29)/t15-,19?/m0/s1. The van der Waals surface area contributed by atoms with E-state index in [1.165, 1.54) is 0 Å². The molecular formula is C24H28N2O5. The van der Waals surface area contributed by atoms with Crippen molar-refractivity contribution in [3.05, 3.63) is 59.7 Å². The van der Waals surface area contributed by atoms with Gasteiger partial charge in [-0.3, -0.25) is 14.4 Å². The quantitative estimate of drug-likeness (QED) is 0.706. The Hall–Kier alpha value is -3.35. The Morgan fingerprint density at radius 3 is 2.39 bits per heavy atom. The SMILES string of the molecule is C[C@H]1CC(C(=O)O)c2ccccc2N1C(=O)c1ccc(OCCC(C)(C)C(N)=O)cc1. The van der Waals surface area contributed by atoms with Crippen molar-refractivity contribution in [2.75, 3.05) is 11.5 Å². The van der Waals surface area contributed by atoms with E-state index < -0.39 is 17.3 Å². The molecule has 3 N–H and O–H groups in total. The summed E-state index contributed by atoms with van der Waals surface area (Å²) < 4.78 is 5.69. The third-order valence-corrected chi connectivity index (χ3v) is 5.87. The molecule has 3 rings (SSSR count). The van der Waals surface area contributed by atoms with Crippen LogP contribution in [-0.2, 0) is 9.59 Å². The van der Waals surface area contributed by atoms with Crippen LogP contribution in [0.15, 0.2) is 48.5 Å². The number of amides is 2. The summed E-state index contributed by atoms with van der Waals surface area (Å²) in [5.74, 6) is -1.48. The molecule has 2 aromatic rings. The number of carbonyl (C=O) groups is 3. The first-order chi connectivity index (χ1) is 14.6. The van der Waals surface area contributed by atoms with Crippen molar-refractivity contribution < 1.29 is 24.2 Å². The third-order valence-electron chi connectivity index (χ3n) is 5.87. The fraction of sp³-hybridized carbons (Fsp3) is 0.375. The Morgan fingerprint density at radius 1 is 1.13 bits per heavy atom. The molecule has 2 atom stereocenters. The summed E-state index contributed by atoms with van der Waals surface area (Å²) in [6.45, 7) is 5.73. The average molecular weight is 424 g/mol. The molecule has 7 heteroatoms. The van der Waals surface area contributed by atoms with Crippen LogP contribution in [0.4, 0.5) is 5.69 Å². The highest BCUT2D eigenvalue weighted by atomic mass is 16.5. The zero-order valence-electron chi connectivity index (χ0n) is 18.0. The Balaban J connectivity index is 1.75. The number of ether oxygens (including phenoxy) is 1. The van der Waals surface area contributed by atoms with Crippen molar-refractivity contribution in [3.63, 3.8) is 0 Å². The van der Waals surface area contributed by atoms with Crippen LogP contribution < -0.4 is 15.4 Å². The molecule has 0 aromatic heterocycles. The molecule has 164 valence electrons. The average Bonchev–Trinajstić information content (AvgIpc) is 2.73. The second-order valence-corrected chi connectivity index (χ2v) is 8.58. The van der Waals surface area contributed by atoms with E-state index in [0.29, 0.717) is 42.0 Å². The first kappa shape index (κ1) is 22.3. The summed E-state index contributed by atoms with van der Waals surface area (Å²) in [4.78, 5) is 38.0. The number of anilines is 1. The lowest BCUT2D eigenvalue weighted by Crippen LogP contribution is -2.44. The number of fused-ring (bicyclic) bond motifs is 1. The summed E-state index contributed by atoms with van der Waals surface area (Å²) in [5.41, 5.74) is 6.49. The summed E-state index contributed by atoms with van der Waals surface area (Å²) in [6, 6.07) is 13.7. The minimum Gasteiger partial charge on any atom is -0.494 e. The fourth-order valence-electron chi connectivity index (χ4n) is 3.74. The lowest BCUT2D eigenvalue weighted by Gasteiger charge is -2.38. The van der Waals surface area contributed by atoms with Crippen LogP contribution in [0.2, 0.25) is 0 Å². The number of carbonyl (C=O) groups excluding carboxylic acids is 2. The van der Waals surface area contributed by atoms with Crippen LogP contribution >= 0.6 is 0 Å². The van der Waals surface area contributed by atoms with Gasteiger partial charge in [-0.2, -0.15) is 0 Å². The molecule has 0 bridgehead atoms. The molecule has 2 aromatic carbocycles. The number of carboxylic acids is 1. The minimum absolute atomic E-state index is 0.190. The van der Waals surface area contributed by atoms with Crippen molar-refractivity contribution in [3.8, 4) is 5.75 Å². The smallest absolute Gasteiger partial charge is 0.311 e. The van der Waals surface area contributed by atoms with Crippen LogP contribution in [0, 0.1) is 5.41 Å². The van der Waals surface area contributed by atoms with Gasteiger partial charge in [0.25, 0.3) is 5.91 Å². The number of hydrogen-bond donors (Lipinski definition) is 2. The van der Waals surface area contributed by atoms with E-state index in [0.717, 1.165) is 0 Å². The number of nitrogens with two attached hydrogens (primary N) is 1. The Kier molecular flexibility index (Phi) is 6.34. The van der Waals surface area contributed by atoms with E-state index in [4.69, 9.17) is 10.5 Å². The van der Waals surface area contributed by atoms with Crippen LogP contribution in [0.25, 0.3) is 0 Å². The van der Waals surface area contributed by atoms with Crippen LogP contribution in [0.5, 0.6) is 5.75 Å². The van der Waals surface area contributed by atoms with Crippen LogP contribution in [0.3, 0.4) is 0 Å². The number of nitrogens with zero attached hydrogens (tertiary/aromatic N) is 1. The first-order valence-corrected chi connectivity index (χ1v) is 10.3. The molecule has 0 radical (unpaired) electrons. The third kappa shape index (κ3) is 4.71. The topological polar surface area (TPSA) is 110 Å². The number of primary amides is 1. The maximum Gasteiger partial charge on any atom is 0.311 e. The molecule has 7 nitrogen and oxygen atoms in total. The zero-order valence-corrected chi connectivity index (χ0v) is 18.0. The summed E-state index contributed by atoms with van der Waals surface area (Å²) in [7, 11) is 0. The summed E-state index contributed by atoms with van der Waals surface area (Å²) in [6.07, 6.45) is 0.838. The molecule has 0 spiro atoms. The van der Waals surface area contributed by atoms with Gasteiger partial charge < -0.3 is 20.5 Å². The van der Waals surface area contributed by atoms with E-state index in [1.807, 2.05) is 6.92 Å². The van der Waals surface area contributed by atoms with E-state index in [-0.39, 0.29) is 17.9 Å². The molecule has 2 amide bonds. The number of carboxylic acid groups (broad SMARTS) is 1. The first-order valence-electron chi connectivity index (χ1n) is 10.3. The molecule has 0 saturated heterocycles. The van der Waals surface area contributed by atoms with Gasteiger partial charge in [-0.25, -0.2) is 0 Å². The predicted molar refractivity (Wildman–Crippen MR) is 117 cm³/mol. The molecule has 0 fully saturated rings. The number of hydrogen-bond acceptors (Lipinski definition) is 4. The van der Waals surface area contributed by atoms with E-state index in [2.05, 4.69) is 0 Å². The zero-order chi connectivity index (χ0) is 22.8. The van der Waals surface area contributed by atoms with Gasteiger partial charge in [0, 0.05) is 22.7 Å². The van der Waals surface area contributed by atoms with Gasteiger partial charge in [0.2, 0.25) is 5.91 Å². The van der Waals surface area contributed by atoms with Gasteiger partial charge >= 0.3 is 5.97 Å². The molecule has 1 unspecified atom stereocenters. The Labute approximate surface area is 181 Å². The highest BCUT2D eigenvalue weighted by Gasteiger charge is 2.37. The van der Waals surface area contributed by atoms with Crippen molar-refractivity contribution in [1.82, 2.24) is 0 Å². The van der Waals surface area contributed by atoms with Crippen LogP contribution in [-0.4, -0.2) is 35.5 Å². The number of aliphatic carboxylic acids is 1. The highest BCUT2D eigenvalue weighted by Crippen LogP contribution is 2.39. The number of benzene rings is 2. The summed E-state index contributed by atoms with van der Waals surface area (Å²) >= 11 is 0. The maximum atomic E-state index is 13.3. The highest BCUT2D eigenvalue weighted by molar-refractivity contribution is 6.07. The summed E-state index contributed by atoms with van der Waals surface area (Å²) in [5, 5.41) is 9.58. The maximum absolute atomic E-state index is 13.3. The molecule has 1 heterocycles. The monoisotopic (exact) mass is 424 g/mol. The Bertz CT molecular complexity index is 984. The molecular weight excluding hydrogens is 396 g/mol. The molecule has 1 aliphatic rings. The fourth-order valence-corrected chi connectivity index (χ4v) is 3.74. The molecule has 0 saturated carbocycles. The lowest BCUT2D eigenvalue weighted by molar-refractivity contribution is -0.139. The van der Waals surface area contributed by atoms with Crippen molar-refractivity contribution >= 4 is 23.5 Å². The molecule has 1 aliphatic heterocycles. The van der Waals surface area contributed by atoms with Crippen molar-refractivity contribution in [1.29, 1.82) is 0 Å². The van der Waals surface area contributed by atoms with Gasteiger partial charge in [-0.05, 0) is 55.7 Å². The normalized spacial score (nSPS) is 18.2. The molecule has 31 heavy (non-hydrogen) atoms. The predicted octanol–water partition coefficient (Wildman–Crippen LogP) is 3.57. The van der Waals surface area contributed by atoms with Crippen LogP contribution in [0.1, 0.15) is 55.5 Å². The number of para-hydroxylation sites is 1. The second-order valence-electron chi connectivity index (χ2n) is 8.58. The van der Waals surface area contributed by atoms with E-state index in [9.17, 15) is 19.5 Å². The number of rotatable bonds is 7. The Morgan fingerprint density at radius 2 is 1.77 bits per heavy atom. The largest absolute Gasteiger partial charge is 0.494 e. The van der Waals surface area contributed by atoms with Gasteiger partial charge in [0.05, 0.1) is 12.5 Å². The van der Waals surface area contributed by atoms with Crippen molar-refractivity contribution in [2.24, 2.45) is 11.1 Å². The van der Waals surface area contributed by atoms with Gasteiger partial charge in [-0.1, -0.05) is 32.0 Å². The minimum atomic E-state index is -0.882. The van der Waals surface area contributed by atoms with E-state index in [1.54, 1.807) is 67.3 Å². The van der Waals surface area contributed by atoms with E-state index >= 15 is 0 Å². The van der Waals surface area contributed by atoms with Gasteiger partial charge in [-0.15, -0.1) is 0 Å².